The lowest BCUT2D eigenvalue weighted by Gasteiger charge is -2.32. The fourth-order valence-electron chi connectivity index (χ4n) is 4.23. The SMILES string of the molecule is CC(C)C[C@@H](NCCCOc1ccc(B2OC(C)(C)C(C)(C)O2)cc1)C(=O)OC1CCCC1. The number of hydrogen-bond acceptors (Lipinski definition) is 6. The molecule has 1 aliphatic carbocycles. The minimum atomic E-state index is -0.366. The number of esters is 1. The van der Waals surface area contributed by atoms with Crippen molar-refractivity contribution in [2.75, 3.05) is 13.2 Å². The molecule has 6 nitrogen and oxygen atoms in total. The minimum absolute atomic E-state index is 0.102. The van der Waals surface area contributed by atoms with Gasteiger partial charge in [-0.25, -0.2) is 0 Å². The van der Waals surface area contributed by atoms with Crippen molar-refractivity contribution in [2.45, 2.75) is 103 Å². The Morgan fingerprint density at radius 2 is 1.70 bits per heavy atom. The Labute approximate surface area is 200 Å². The van der Waals surface area contributed by atoms with Gasteiger partial charge in [0.05, 0.1) is 17.8 Å². The topological polar surface area (TPSA) is 66.0 Å². The molecule has 0 amide bonds. The molecule has 0 aromatic heterocycles. The molecule has 33 heavy (non-hydrogen) atoms. The van der Waals surface area contributed by atoms with Crippen LogP contribution in [0.25, 0.3) is 0 Å². The largest absolute Gasteiger partial charge is 0.494 e. The monoisotopic (exact) mass is 459 g/mol. The highest BCUT2D eigenvalue weighted by molar-refractivity contribution is 6.62. The zero-order valence-electron chi connectivity index (χ0n) is 21.3. The van der Waals surface area contributed by atoms with E-state index in [1.54, 1.807) is 0 Å². The normalized spacial score (nSPS) is 20.9. The number of ether oxygens (including phenoxy) is 2. The molecule has 0 unspecified atom stereocenters. The fraction of sp³-hybridized carbons (Fsp3) is 0.731. The van der Waals surface area contributed by atoms with Crippen LogP contribution in [0, 0.1) is 5.92 Å². The average Bonchev–Trinajstić information content (AvgIpc) is 3.32. The Balaban J connectivity index is 1.40. The summed E-state index contributed by atoms with van der Waals surface area (Å²) >= 11 is 0. The van der Waals surface area contributed by atoms with E-state index in [2.05, 4.69) is 46.9 Å². The molecule has 1 N–H and O–H groups in total. The molecule has 0 radical (unpaired) electrons. The molecule has 1 aromatic carbocycles. The van der Waals surface area contributed by atoms with E-state index in [1.165, 1.54) is 0 Å². The van der Waals surface area contributed by atoms with Crippen LogP contribution in [0.4, 0.5) is 0 Å². The molecular weight excluding hydrogens is 417 g/mol. The van der Waals surface area contributed by atoms with Crippen LogP contribution in [0.3, 0.4) is 0 Å². The Morgan fingerprint density at radius 3 is 2.27 bits per heavy atom. The van der Waals surface area contributed by atoms with Gasteiger partial charge in [-0.15, -0.1) is 0 Å². The van der Waals surface area contributed by atoms with Gasteiger partial charge in [-0.3, -0.25) is 4.79 Å². The van der Waals surface area contributed by atoms with Gasteiger partial charge in [-0.2, -0.15) is 0 Å². The molecule has 3 rings (SSSR count). The van der Waals surface area contributed by atoms with E-state index >= 15 is 0 Å². The van der Waals surface area contributed by atoms with Gasteiger partial charge < -0.3 is 24.1 Å². The van der Waals surface area contributed by atoms with E-state index in [0.29, 0.717) is 19.1 Å². The summed E-state index contributed by atoms with van der Waals surface area (Å²) in [6.45, 7) is 13.8. The van der Waals surface area contributed by atoms with Crippen molar-refractivity contribution < 1.29 is 23.6 Å². The first kappa shape index (κ1) is 26.0. The number of carbonyl (C=O) groups is 1. The first-order valence-electron chi connectivity index (χ1n) is 12.6. The van der Waals surface area contributed by atoms with Crippen molar-refractivity contribution in [3.05, 3.63) is 24.3 Å². The average molecular weight is 459 g/mol. The Morgan fingerprint density at radius 1 is 1.09 bits per heavy atom. The zero-order chi connectivity index (χ0) is 24.1. The molecule has 7 heteroatoms. The van der Waals surface area contributed by atoms with Crippen LogP contribution < -0.4 is 15.5 Å². The molecule has 1 aromatic rings. The van der Waals surface area contributed by atoms with Crippen molar-refractivity contribution in [3.63, 3.8) is 0 Å². The minimum Gasteiger partial charge on any atom is -0.494 e. The summed E-state index contributed by atoms with van der Waals surface area (Å²) in [6.07, 6.45) is 6.03. The summed E-state index contributed by atoms with van der Waals surface area (Å²) in [6, 6.07) is 7.65. The van der Waals surface area contributed by atoms with Crippen molar-refractivity contribution >= 4 is 18.6 Å². The number of carbonyl (C=O) groups excluding carboxylic acids is 1. The maximum atomic E-state index is 12.6. The molecule has 1 atom stereocenters. The predicted molar refractivity (Wildman–Crippen MR) is 132 cm³/mol. The van der Waals surface area contributed by atoms with Gasteiger partial charge in [0.15, 0.2) is 0 Å². The number of benzene rings is 1. The molecule has 184 valence electrons. The lowest BCUT2D eigenvalue weighted by atomic mass is 9.79. The third kappa shape index (κ3) is 7.21. The third-order valence-electron chi connectivity index (χ3n) is 6.96. The second-order valence-electron chi connectivity index (χ2n) is 10.8. The van der Waals surface area contributed by atoms with Crippen molar-refractivity contribution in [2.24, 2.45) is 5.92 Å². The van der Waals surface area contributed by atoms with Gasteiger partial charge >= 0.3 is 13.1 Å². The Hall–Kier alpha value is -1.57. The van der Waals surface area contributed by atoms with Crippen LogP contribution in [-0.2, 0) is 18.8 Å². The van der Waals surface area contributed by atoms with Gasteiger partial charge in [0.25, 0.3) is 0 Å². The summed E-state index contributed by atoms with van der Waals surface area (Å²) < 4.78 is 23.8. The van der Waals surface area contributed by atoms with E-state index in [9.17, 15) is 4.79 Å². The summed E-state index contributed by atoms with van der Waals surface area (Å²) in [7, 11) is -0.366. The van der Waals surface area contributed by atoms with E-state index in [0.717, 1.165) is 49.7 Å². The van der Waals surface area contributed by atoms with E-state index < -0.39 is 0 Å². The predicted octanol–water partition coefficient (Wildman–Crippen LogP) is 4.24. The van der Waals surface area contributed by atoms with Crippen molar-refractivity contribution in [1.29, 1.82) is 0 Å². The highest BCUT2D eigenvalue weighted by Gasteiger charge is 2.51. The smallest absolute Gasteiger partial charge is 0.494 e. The summed E-state index contributed by atoms with van der Waals surface area (Å²) in [5.41, 5.74) is 0.285. The molecule has 2 aliphatic rings. The van der Waals surface area contributed by atoms with Gasteiger partial charge in [0, 0.05) is 0 Å². The first-order valence-corrected chi connectivity index (χ1v) is 12.6. The fourth-order valence-corrected chi connectivity index (χ4v) is 4.23. The second kappa shape index (κ2) is 11.2. The van der Waals surface area contributed by atoms with E-state index in [4.69, 9.17) is 18.8 Å². The summed E-state index contributed by atoms with van der Waals surface area (Å²) in [5, 5.41) is 3.38. The van der Waals surface area contributed by atoms with Gasteiger partial charge in [-0.05, 0) is 96.3 Å². The molecule has 1 saturated carbocycles. The highest BCUT2D eigenvalue weighted by Crippen LogP contribution is 2.36. The number of rotatable bonds is 11. The van der Waals surface area contributed by atoms with Crippen LogP contribution >= 0.6 is 0 Å². The first-order chi connectivity index (χ1) is 15.6. The Kier molecular flexibility index (Phi) is 8.87. The van der Waals surface area contributed by atoms with E-state index in [-0.39, 0.29) is 36.4 Å². The van der Waals surface area contributed by atoms with Crippen molar-refractivity contribution in [3.8, 4) is 5.75 Å². The molecule has 0 bridgehead atoms. The summed E-state index contributed by atoms with van der Waals surface area (Å²) in [5.74, 6) is 1.14. The maximum absolute atomic E-state index is 12.6. The highest BCUT2D eigenvalue weighted by atomic mass is 16.7. The number of hydrogen-bond donors (Lipinski definition) is 1. The lowest BCUT2D eigenvalue weighted by Crippen LogP contribution is -2.41. The molecule has 0 spiro atoms. The molecule has 2 fully saturated rings. The molecule has 1 aliphatic heterocycles. The van der Waals surface area contributed by atoms with Crippen LogP contribution in [0.5, 0.6) is 5.75 Å². The van der Waals surface area contributed by atoms with Gasteiger partial charge in [0.1, 0.15) is 17.9 Å². The van der Waals surface area contributed by atoms with Crippen LogP contribution in [0.1, 0.15) is 80.1 Å². The van der Waals surface area contributed by atoms with Crippen molar-refractivity contribution in [1.82, 2.24) is 5.32 Å². The Bertz CT molecular complexity index is 742. The molecule has 1 saturated heterocycles. The molecular formula is C26H42BNO5. The lowest BCUT2D eigenvalue weighted by molar-refractivity contribution is -0.151. The quantitative estimate of drug-likeness (QED) is 0.303. The zero-order valence-corrected chi connectivity index (χ0v) is 21.3. The van der Waals surface area contributed by atoms with Crippen LogP contribution in [-0.4, -0.2) is 49.6 Å². The number of nitrogens with one attached hydrogen (secondary N) is 1. The van der Waals surface area contributed by atoms with E-state index in [1.807, 2.05) is 24.3 Å². The second-order valence-corrected chi connectivity index (χ2v) is 10.8. The van der Waals surface area contributed by atoms with Crippen LogP contribution in [0.2, 0.25) is 0 Å². The maximum Gasteiger partial charge on any atom is 0.494 e. The third-order valence-corrected chi connectivity index (χ3v) is 6.96. The standard InChI is InChI=1S/C26H42BNO5/c1-19(2)18-23(24(29)31-22-10-7-8-11-22)28-16-9-17-30-21-14-12-20(13-15-21)27-32-25(3,4)26(5,6)33-27/h12-15,19,22-23,28H,7-11,16-18H2,1-6H3/t23-/m1/s1. The van der Waals surface area contributed by atoms with Gasteiger partial charge in [-0.1, -0.05) is 26.0 Å². The van der Waals surface area contributed by atoms with Gasteiger partial charge in [0.2, 0.25) is 0 Å². The summed E-state index contributed by atoms with van der Waals surface area (Å²) in [4.78, 5) is 12.6. The molecule has 1 heterocycles. The van der Waals surface area contributed by atoms with Crippen LogP contribution in [0.15, 0.2) is 24.3 Å².